The fraction of sp³-hybridized carbons (Fsp3) is 0.920. The first-order chi connectivity index (χ1) is 12.5. The van der Waals surface area contributed by atoms with E-state index in [0.29, 0.717) is 16.7 Å². The normalized spacial score (nSPS) is 52.4. The summed E-state index contributed by atoms with van der Waals surface area (Å²) in [6.07, 6.45) is 9.00. The molecule has 0 unspecified atom stereocenters. The minimum atomic E-state index is -0.311. The van der Waals surface area contributed by atoms with Gasteiger partial charge in [-0.1, -0.05) is 45.8 Å². The molecule has 154 valence electrons. The standard InChI is InChI=1S/C25H42O2/c1-15-7-8-18-19-14-23(3,4)9-10-24(19,5)11-12-25(18,6)22(27)21-16(2)20(26)13-17(15)21/h16,18-22,26-27H,7-14H2,1-6H3/t16-,18-,19-,20+,21-,22+,24-,25-/m0/s1. The number of rotatable bonds is 0. The van der Waals surface area contributed by atoms with E-state index in [1.54, 1.807) is 0 Å². The second kappa shape index (κ2) is 6.33. The molecule has 0 aromatic rings. The lowest BCUT2D eigenvalue weighted by molar-refractivity contribution is -0.152. The third-order valence-corrected chi connectivity index (χ3v) is 10.0. The zero-order valence-corrected chi connectivity index (χ0v) is 18.5. The van der Waals surface area contributed by atoms with E-state index in [0.717, 1.165) is 25.2 Å². The second-order valence-corrected chi connectivity index (χ2v) is 12.2. The molecule has 4 aliphatic carbocycles. The highest BCUT2D eigenvalue weighted by Crippen LogP contribution is 2.65. The minimum absolute atomic E-state index is 0.00741. The van der Waals surface area contributed by atoms with Crippen LogP contribution in [0.2, 0.25) is 0 Å². The van der Waals surface area contributed by atoms with Crippen LogP contribution >= 0.6 is 0 Å². The van der Waals surface area contributed by atoms with Crippen LogP contribution in [-0.4, -0.2) is 22.4 Å². The molecule has 8 atom stereocenters. The van der Waals surface area contributed by atoms with Gasteiger partial charge in [0.25, 0.3) is 0 Å². The van der Waals surface area contributed by atoms with Gasteiger partial charge < -0.3 is 10.2 Å². The van der Waals surface area contributed by atoms with Crippen molar-refractivity contribution in [2.75, 3.05) is 0 Å². The van der Waals surface area contributed by atoms with Crippen molar-refractivity contribution in [3.63, 3.8) is 0 Å². The Kier molecular flexibility index (Phi) is 4.68. The highest BCUT2D eigenvalue weighted by molar-refractivity contribution is 5.27. The third-order valence-electron chi connectivity index (χ3n) is 10.0. The highest BCUT2D eigenvalue weighted by atomic mass is 16.3. The summed E-state index contributed by atoms with van der Waals surface area (Å²) in [4.78, 5) is 0. The van der Waals surface area contributed by atoms with Crippen molar-refractivity contribution >= 4 is 0 Å². The summed E-state index contributed by atoms with van der Waals surface area (Å²) in [5, 5.41) is 22.4. The van der Waals surface area contributed by atoms with Crippen LogP contribution in [0.1, 0.15) is 92.9 Å². The molecule has 2 nitrogen and oxygen atoms in total. The first-order valence-electron chi connectivity index (χ1n) is 11.5. The first-order valence-corrected chi connectivity index (χ1v) is 11.5. The van der Waals surface area contributed by atoms with Crippen molar-refractivity contribution < 1.29 is 10.2 Å². The maximum atomic E-state index is 11.8. The molecule has 0 heterocycles. The number of hydrogen-bond donors (Lipinski definition) is 2. The van der Waals surface area contributed by atoms with Gasteiger partial charge in [-0.3, -0.25) is 0 Å². The van der Waals surface area contributed by atoms with E-state index in [-0.39, 0.29) is 29.5 Å². The van der Waals surface area contributed by atoms with Gasteiger partial charge in [0.2, 0.25) is 0 Å². The summed E-state index contributed by atoms with van der Waals surface area (Å²) >= 11 is 0. The van der Waals surface area contributed by atoms with E-state index in [1.807, 2.05) is 0 Å². The van der Waals surface area contributed by atoms with E-state index in [2.05, 4.69) is 41.5 Å². The maximum Gasteiger partial charge on any atom is 0.0665 e. The van der Waals surface area contributed by atoms with Crippen molar-refractivity contribution in [2.24, 2.45) is 39.9 Å². The lowest BCUT2D eigenvalue weighted by Crippen LogP contribution is -2.56. The number of fused-ring (bicyclic) bond motifs is 4. The Bertz CT molecular complexity index is 634. The topological polar surface area (TPSA) is 40.5 Å². The van der Waals surface area contributed by atoms with Crippen LogP contribution < -0.4 is 0 Å². The van der Waals surface area contributed by atoms with Crippen molar-refractivity contribution in [3.05, 3.63) is 11.1 Å². The summed E-state index contributed by atoms with van der Waals surface area (Å²) in [7, 11) is 0. The molecule has 0 bridgehead atoms. The largest absolute Gasteiger partial charge is 0.392 e. The SMILES string of the molecule is CC1=C2C[C@@H](O)[C@H](C)[C@@H]2[C@@H](O)[C@@]2(C)CC[C@]3(C)CCC(C)(C)C[C@H]3[C@@H]2CC1. The molecular formula is C25H42O2. The quantitative estimate of drug-likeness (QED) is 0.532. The zero-order chi connectivity index (χ0) is 19.8. The van der Waals surface area contributed by atoms with Crippen molar-refractivity contribution in [1.82, 2.24) is 0 Å². The maximum absolute atomic E-state index is 11.8. The Morgan fingerprint density at radius 1 is 0.926 bits per heavy atom. The lowest BCUT2D eigenvalue weighted by Gasteiger charge is -2.62. The molecule has 2 N–H and O–H groups in total. The molecule has 2 heteroatoms. The molecule has 27 heavy (non-hydrogen) atoms. The highest BCUT2D eigenvalue weighted by Gasteiger charge is 2.59. The van der Waals surface area contributed by atoms with Crippen molar-refractivity contribution in [1.29, 1.82) is 0 Å². The fourth-order valence-electron chi connectivity index (χ4n) is 7.77. The molecule has 3 fully saturated rings. The summed E-state index contributed by atoms with van der Waals surface area (Å²) in [6, 6.07) is 0. The molecule has 3 saturated carbocycles. The van der Waals surface area contributed by atoms with Gasteiger partial charge in [-0.05, 0) is 92.3 Å². The summed E-state index contributed by atoms with van der Waals surface area (Å²) in [5.74, 6) is 1.67. The monoisotopic (exact) mass is 374 g/mol. The summed E-state index contributed by atoms with van der Waals surface area (Å²) in [5.41, 5.74) is 3.74. The van der Waals surface area contributed by atoms with Crippen LogP contribution in [0.5, 0.6) is 0 Å². The van der Waals surface area contributed by atoms with Crippen molar-refractivity contribution in [3.8, 4) is 0 Å². The van der Waals surface area contributed by atoms with E-state index < -0.39 is 0 Å². The van der Waals surface area contributed by atoms with Crippen molar-refractivity contribution in [2.45, 2.75) is 105 Å². The molecule has 0 saturated heterocycles. The summed E-state index contributed by atoms with van der Waals surface area (Å²) in [6.45, 7) is 14.3. The van der Waals surface area contributed by atoms with Gasteiger partial charge in [0.15, 0.2) is 0 Å². The number of aliphatic hydroxyl groups is 2. The molecular weight excluding hydrogens is 332 g/mol. The lowest BCUT2D eigenvalue weighted by atomic mass is 9.44. The van der Waals surface area contributed by atoms with Crippen LogP contribution in [0.4, 0.5) is 0 Å². The van der Waals surface area contributed by atoms with Gasteiger partial charge >= 0.3 is 0 Å². The van der Waals surface area contributed by atoms with Gasteiger partial charge in [0, 0.05) is 5.92 Å². The van der Waals surface area contributed by atoms with Crippen LogP contribution in [0, 0.1) is 39.9 Å². The van der Waals surface area contributed by atoms with Gasteiger partial charge in [-0.25, -0.2) is 0 Å². The number of allylic oxidation sites excluding steroid dienone is 1. The molecule has 4 aliphatic rings. The average molecular weight is 375 g/mol. The smallest absolute Gasteiger partial charge is 0.0665 e. The predicted octanol–water partition coefficient (Wildman–Crippen LogP) is 5.72. The summed E-state index contributed by atoms with van der Waals surface area (Å²) < 4.78 is 0. The van der Waals surface area contributed by atoms with Gasteiger partial charge in [0.1, 0.15) is 0 Å². The van der Waals surface area contributed by atoms with Crippen LogP contribution in [0.15, 0.2) is 11.1 Å². The van der Waals surface area contributed by atoms with Gasteiger partial charge in [-0.15, -0.1) is 0 Å². The van der Waals surface area contributed by atoms with E-state index in [9.17, 15) is 10.2 Å². The Morgan fingerprint density at radius 2 is 1.59 bits per heavy atom. The number of hydrogen-bond acceptors (Lipinski definition) is 2. The fourth-order valence-corrected chi connectivity index (χ4v) is 7.77. The average Bonchev–Trinajstić information content (AvgIpc) is 2.89. The van der Waals surface area contributed by atoms with Crippen LogP contribution in [-0.2, 0) is 0 Å². The second-order valence-electron chi connectivity index (χ2n) is 12.2. The van der Waals surface area contributed by atoms with E-state index in [1.165, 1.54) is 43.3 Å². The molecule has 0 amide bonds. The Hall–Kier alpha value is -0.340. The molecule has 4 rings (SSSR count). The van der Waals surface area contributed by atoms with Gasteiger partial charge in [-0.2, -0.15) is 0 Å². The third kappa shape index (κ3) is 2.96. The molecule has 0 aromatic carbocycles. The molecule has 0 spiro atoms. The van der Waals surface area contributed by atoms with Gasteiger partial charge in [0.05, 0.1) is 12.2 Å². The Morgan fingerprint density at radius 3 is 2.30 bits per heavy atom. The van der Waals surface area contributed by atoms with E-state index >= 15 is 0 Å². The number of aliphatic hydroxyl groups excluding tert-OH is 2. The first kappa shape index (κ1) is 20.0. The Balaban J connectivity index is 1.75. The molecule has 0 aliphatic heterocycles. The zero-order valence-electron chi connectivity index (χ0n) is 18.5. The predicted molar refractivity (Wildman–Crippen MR) is 111 cm³/mol. The van der Waals surface area contributed by atoms with Crippen LogP contribution in [0.25, 0.3) is 0 Å². The minimum Gasteiger partial charge on any atom is -0.392 e. The van der Waals surface area contributed by atoms with Crippen LogP contribution in [0.3, 0.4) is 0 Å². The molecule has 0 aromatic heterocycles. The molecule has 0 radical (unpaired) electrons. The Labute approximate surface area is 166 Å². The van der Waals surface area contributed by atoms with E-state index in [4.69, 9.17) is 0 Å².